The number of amidine groups is 1. The van der Waals surface area contributed by atoms with Crippen molar-refractivity contribution in [2.45, 2.75) is 0 Å². The Morgan fingerprint density at radius 1 is 1.44 bits per heavy atom. The predicted molar refractivity (Wildman–Crippen MR) is 71.3 cm³/mol. The molecule has 0 radical (unpaired) electrons. The molecule has 0 aromatic heterocycles. The zero-order chi connectivity index (χ0) is 13.7. The summed E-state index contributed by atoms with van der Waals surface area (Å²) >= 11 is 11.6. The Hall–Kier alpha value is -1.46. The summed E-state index contributed by atoms with van der Waals surface area (Å²) in [6, 6.07) is 2.92. The van der Waals surface area contributed by atoms with E-state index in [1.807, 2.05) is 0 Å². The van der Waals surface area contributed by atoms with Gasteiger partial charge in [0.25, 0.3) is 0 Å². The van der Waals surface area contributed by atoms with Crippen LogP contribution in [0, 0.1) is 0 Å². The van der Waals surface area contributed by atoms with E-state index in [9.17, 15) is 4.79 Å². The summed E-state index contributed by atoms with van der Waals surface area (Å²) in [4.78, 5) is 15.5. The fraction of sp³-hybridized carbons (Fsp3) is 0.273. The highest BCUT2D eigenvalue weighted by molar-refractivity contribution is 6.35. The average Bonchev–Trinajstić information content (AvgIpc) is 2.39. The Bertz CT molecular complexity index is 489. The lowest BCUT2D eigenvalue weighted by atomic mass is 10.2. The molecule has 0 heterocycles. The second kappa shape index (κ2) is 6.47. The number of carbonyl (C=O) groups is 1. The molecule has 0 saturated heterocycles. The summed E-state index contributed by atoms with van der Waals surface area (Å²) < 4.78 is 9.67. The van der Waals surface area contributed by atoms with Gasteiger partial charge in [0.05, 0.1) is 31.4 Å². The molecule has 0 amide bonds. The van der Waals surface area contributed by atoms with Crippen molar-refractivity contribution >= 4 is 40.7 Å². The molecule has 1 rings (SSSR count). The number of benzene rings is 1. The quantitative estimate of drug-likeness (QED) is 0.400. The zero-order valence-corrected chi connectivity index (χ0v) is 11.4. The second-order valence-electron chi connectivity index (χ2n) is 3.24. The van der Waals surface area contributed by atoms with Crippen LogP contribution in [-0.4, -0.2) is 31.9 Å². The van der Waals surface area contributed by atoms with Crippen LogP contribution in [0.25, 0.3) is 0 Å². The molecule has 0 atom stereocenters. The van der Waals surface area contributed by atoms with Gasteiger partial charge in [-0.25, -0.2) is 9.79 Å². The Morgan fingerprint density at radius 2 is 2.11 bits per heavy atom. The topological polar surface area (TPSA) is 73.9 Å². The Labute approximate surface area is 114 Å². The van der Waals surface area contributed by atoms with Gasteiger partial charge in [-0.2, -0.15) is 0 Å². The molecule has 98 valence electrons. The minimum atomic E-state index is -0.522. The fourth-order valence-electron chi connectivity index (χ4n) is 1.23. The number of rotatable bonds is 4. The van der Waals surface area contributed by atoms with Gasteiger partial charge in [0.15, 0.2) is 0 Å². The first kappa shape index (κ1) is 14.6. The lowest BCUT2D eigenvalue weighted by Gasteiger charge is -2.09. The molecular weight excluding hydrogens is 279 g/mol. The molecule has 0 bridgehead atoms. The number of hydrogen-bond donors (Lipinski definition) is 1. The standard InChI is InChI=1S/C11H12Cl2N2O3/c1-17-8-4-6(11(16)18-2)3-7(10(8)13)15-9(14)5-12/h3-4H,5H2,1-2H3,(H2,14,15). The minimum absolute atomic E-state index is 0.0566. The molecule has 0 fully saturated rings. The van der Waals surface area contributed by atoms with E-state index in [-0.39, 0.29) is 22.3 Å². The first-order chi connectivity index (χ1) is 8.53. The van der Waals surface area contributed by atoms with Crippen LogP contribution < -0.4 is 10.5 Å². The van der Waals surface area contributed by atoms with Gasteiger partial charge in [-0.3, -0.25) is 0 Å². The number of halogens is 2. The van der Waals surface area contributed by atoms with Crippen molar-refractivity contribution in [1.29, 1.82) is 0 Å². The van der Waals surface area contributed by atoms with E-state index in [1.54, 1.807) is 0 Å². The maximum Gasteiger partial charge on any atom is 0.338 e. The van der Waals surface area contributed by atoms with Crippen molar-refractivity contribution in [3.05, 3.63) is 22.7 Å². The highest BCUT2D eigenvalue weighted by Gasteiger charge is 2.14. The van der Waals surface area contributed by atoms with Gasteiger partial charge in [-0.05, 0) is 12.1 Å². The molecule has 0 saturated carbocycles. The number of methoxy groups -OCH3 is 2. The van der Waals surface area contributed by atoms with Gasteiger partial charge in [0.2, 0.25) is 0 Å². The summed E-state index contributed by atoms with van der Waals surface area (Å²) in [5.74, 6) is 0.0235. The number of esters is 1. The minimum Gasteiger partial charge on any atom is -0.495 e. The smallest absolute Gasteiger partial charge is 0.338 e. The van der Waals surface area contributed by atoms with Crippen LogP contribution >= 0.6 is 23.2 Å². The van der Waals surface area contributed by atoms with Crippen LogP contribution in [0.1, 0.15) is 10.4 Å². The number of nitrogens with two attached hydrogens (primary N) is 1. The molecule has 1 aromatic carbocycles. The third kappa shape index (κ3) is 3.27. The summed E-state index contributed by atoms with van der Waals surface area (Å²) in [6.07, 6.45) is 0. The van der Waals surface area contributed by atoms with Crippen molar-refractivity contribution in [2.24, 2.45) is 10.7 Å². The van der Waals surface area contributed by atoms with Gasteiger partial charge in [0.1, 0.15) is 16.6 Å². The lowest BCUT2D eigenvalue weighted by Crippen LogP contribution is -2.12. The summed E-state index contributed by atoms with van der Waals surface area (Å²) in [7, 11) is 2.71. The van der Waals surface area contributed by atoms with Crippen LogP contribution in [0.4, 0.5) is 5.69 Å². The molecular formula is C11H12Cl2N2O3. The molecule has 0 unspecified atom stereocenters. The molecule has 7 heteroatoms. The maximum absolute atomic E-state index is 11.5. The zero-order valence-electron chi connectivity index (χ0n) is 9.87. The van der Waals surface area contributed by atoms with Crippen molar-refractivity contribution in [1.82, 2.24) is 0 Å². The highest BCUT2D eigenvalue weighted by atomic mass is 35.5. The second-order valence-corrected chi connectivity index (χ2v) is 3.89. The number of hydrogen-bond acceptors (Lipinski definition) is 4. The van der Waals surface area contributed by atoms with Crippen molar-refractivity contribution in [3.63, 3.8) is 0 Å². The van der Waals surface area contributed by atoms with Gasteiger partial charge in [0, 0.05) is 0 Å². The molecule has 0 spiro atoms. The molecule has 0 aliphatic heterocycles. The van der Waals surface area contributed by atoms with E-state index in [2.05, 4.69) is 9.73 Å². The maximum atomic E-state index is 11.5. The molecule has 2 N–H and O–H groups in total. The van der Waals surface area contributed by atoms with E-state index in [0.29, 0.717) is 11.4 Å². The summed E-state index contributed by atoms with van der Waals surface area (Å²) in [5.41, 5.74) is 6.09. The van der Waals surface area contributed by atoms with Crippen LogP contribution in [-0.2, 0) is 4.74 Å². The van der Waals surface area contributed by atoms with Crippen LogP contribution in [0.2, 0.25) is 5.02 Å². The van der Waals surface area contributed by atoms with E-state index in [4.69, 9.17) is 33.7 Å². The summed E-state index contributed by atoms with van der Waals surface area (Å²) in [6.45, 7) is 0. The molecule has 0 aliphatic rings. The first-order valence-corrected chi connectivity index (χ1v) is 5.79. The van der Waals surface area contributed by atoms with E-state index in [0.717, 1.165) is 0 Å². The van der Waals surface area contributed by atoms with Gasteiger partial charge in [-0.1, -0.05) is 11.6 Å². The van der Waals surface area contributed by atoms with Crippen LogP contribution in [0.3, 0.4) is 0 Å². The Kier molecular flexibility index (Phi) is 5.25. The SMILES string of the molecule is COC(=O)c1cc(N=C(N)CCl)c(Cl)c(OC)c1. The van der Waals surface area contributed by atoms with Gasteiger partial charge in [-0.15, -0.1) is 11.6 Å². The number of alkyl halides is 1. The van der Waals surface area contributed by atoms with Crippen molar-refractivity contribution in [2.75, 3.05) is 20.1 Å². The number of ether oxygens (including phenoxy) is 2. The molecule has 0 aliphatic carbocycles. The van der Waals surface area contributed by atoms with Gasteiger partial charge >= 0.3 is 5.97 Å². The van der Waals surface area contributed by atoms with Crippen molar-refractivity contribution < 1.29 is 14.3 Å². The average molecular weight is 291 g/mol. The Balaban J connectivity index is 3.36. The van der Waals surface area contributed by atoms with Crippen LogP contribution in [0.5, 0.6) is 5.75 Å². The highest BCUT2D eigenvalue weighted by Crippen LogP contribution is 2.35. The lowest BCUT2D eigenvalue weighted by molar-refractivity contribution is 0.0600. The predicted octanol–water partition coefficient (Wildman–Crippen LogP) is 2.36. The number of nitrogens with zero attached hydrogens (tertiary/aromatic N) is 1. The first-order valence-electron chi connectivity index (χ1n) is 4.88. The largest absolute Gasteiger partial charge is 0.495 e. The number of carbonyl (C=O) groups excluding carboxylic acids is 1. The normalized spacial score (nSPS) is 11.2. The van der Waals surface area contributed by atoms with E-state index < -0.39 is 5.97 Å². The van der Waals surface area contributed by atoms with E-state index >= 15 is 0 Å². The van der Waals surface area contributed by atoms with E-state index in [1.165, 1.54) is 26.4 Å². The van der Waals surface area contributed by atoms with Crippen molar-refractivity contribution in [3.8, 4) is 5.75 Å². The third-order valence-electron chi connectivity index (χ3n) is 2.06. The van der Waals surface area contributed by atoms with Crippen LogP contribution in [0.15, 0.2) is 17.1 Å². The molecule has 18 heavy (non-hydrogen) atoms. The van der Waals surface area contributed by atoms with Gasteiger partial charge < -0.3 is 15.2 Å². The molecule has 5 nitrogen and oxygen atoms in total. The Morgan fingerprint density at radius 3 is 2.61 bits per heavy atom. The fourth-order valence-corrected chi connectivity index (χ4v) is 1.52. The molecule has 1 aromatic rings. The third-order valence-corrected chi connectivity index (χ3v) is 2.72. The summed E-state index contributed by atoms with van der Waals surface area (Å²) in [5, 5.41) is 0.248. The monoisotopic (exact) mass is 290 g/mol. The number of aliphatic imine (C=N–C) groups is 1.